The van der Waals surface area contributed by atoms with Crippen LogP contribution in [0.2, 0.25) is 0 Å². The maximum absolute atomic E-state index is 11.4. The molecule has 1 heterocycles. The second kappa shape index (κ2) is 5.42. The van der Waals surface area contributed by atoms with E-state index in [0.717, 1.165) is 31.2 Å². The van der Waals surface area contributed by atoms with E-state index in [9.17, 15) is 4.79 Å². The van der Waals surface area contributed by atoms with Crippen molar-refractivity contribution in [3.8, 4) is 11.8 Å². The van der Waals surface area contributed by atoms with Crippen LogP contribution in [0.3, 0.4) is 0 Å². The summed E-state index contributed by atoms with van der Waals surface area (Å²) in [4.78, 5) is 11.4. The van der Waals surface area contributed by atoms with Crippen LogP contribution in [0.4, 0.5) is 4.79 Å². The Morgan fingerprint density at radius 3 is 2.60 bits per heavy atom. The average molecular weight is 268 g/mol. The highest BCUT2D eigenvalue weighted by Crippen LogP contribution is 2.42. The van der Waals surface area contributed by atoms with Crippen molar-refractivity contribution in [1.29, 1.82) is 0 Å². The van der Waals surface area contributed by atoms with Gasteiger partial charge in [-0.05, 0) is 37.8 Å². The van der Waals surface area contributed by atoms with E-state index >= 15 is 0 Å². The van der Waals surface area contributed by atoms with Gasteiger partial charge >= 0.3 is 6.16 Å². The molecule has 0 unspecified atom stereocenters. The standard InChI is InChI=1S/C17H16O3/c18-16-19-15(17(20-16)12-5-2-6-13-17)11-7-10-14-8-3-1-4-9-14/h1,3-4,8-9,11H,2,5-6,12-13H2/b15-11+. The van der Waals surface area contributed by atoms with Crippen LogP contribution in [0.1, 0.15) is 37.7 Å². The summed E-state index contributed by atoms with van der Waals surface area (Å²) >= 11 is 0. The van der Waals surface area contributed by atoms with Crippen LogP contribution in [-0.2, 0) is 9.47 Å². The number of rotatable bonds is 0. The maximum atomic E-state index is 11.4. The van der Waals surface area contributed by atoms with E-state index in [1.807, 2.05) is 30.3 Å². The Hall–Kier alpha value is -2.21. The first-order chi connectivity index (χ1) is 9.78. The minimum Gasteiger partial charge on any atom is -0.419 e. The highest BCUT2D eigenvalue weighted by molar-refractivity contribution is 5.67. The fourth-order valence-electron chi connectivity index (χ4n) is 2.75. The lowest BCUT2D eigenvalue weighted by molar-refractivity contribution is 0.0388. The Kier molecular flexibility index (Phi) is 3.47. The summed E-state index contributed by atoms with van der Waals surface area (Å²) in [6, 6.07) is 9.72. The third-order valence-electron chi connectivity index (χ3n) is 3.78. The van der Waals surface area contributed by atoms with E-state index in [2.05, 4.69) is 11.8 Å². The van der Waals surface area contributed by atoms with Crippen molar-refractivity contribution in [2.45, 2.75) is 37.7 Å². The minimum absolute atomic E-state index is 0.555. The summed E-state index contributed by atoms with van der Waals surface area (Å²) in [5, 5.41) is 0. The van der Waals surface area contributed by atoms with Crippen LogP contribution < -0.4 is 0 Å². The van der Waals surface area contributed by atoms with Crippen molar-refractivity contribution in [1.82, 2.24) is 0 Å². The van der Waals surface area contributed by atoms with Crippen LogP contribution in [-0.4, -0.2) is 11.8 Å². The van der Waals surface area contributed by atoms with Gasteiger partial charge in [0.2, 0.25) is 0 Å². The maximum Gasteiger partial charge on any atom is 0.514 e. The number of cyclic esters (lactones) is 1. The normalized spacial score (nSPS) is 22.0. The highest BCUT2D eigenvalue weighted by Gasteiger charge is 2.47. The minimum atomic E-state index is -0.598. The van der Waals surface area contributed by atoms with Crippen molar-refractivity contribution >= 4 is 6.16 Å². The quantitative estimate of drug-likeness (QED) is 0.530. The second-order valence-corrected chi connectivity index (χ2v) is 5.15. The summed E-state index contributed by atoms with van der Waals surface area (Å²) < 4.78 is 10.6. The molecule has 2 aliphatic rings. The van der Waals surface area contributed by atoms with E-state index in [0.29, 0.717) is 5.76 Å². The Bertz CT molecular complexity index is 584. The van der Waals surface area contributed by atoms with E-state index in [-0.39, 0.29) is 0 Å². The third-order valence-corrected chi connectivity index (χ3v) is 3.78. The molecule has 0 aromatic heterocycles. The monoisotopic (exact) mass is 268 g/mol. The van der Waals surface area contributed by atoms with Crippen molar-refractivity contribution in [3.63, 3.8) is 0 Å². The van der Waals surface area contributed by atoms with Crippen molar-refractivity contribution in [2.24, 2.45) is 0 Å². The molecule has 1 aliphatic carbocycles. The average Bonchev–Trinajstić information content (AvgIpc) is 2.76. The first-order valence-corrected chi connectivity index (χ1v) is 6.97. The number of benzene rings is 1. The first kappa shape index (κ1) is 12.8. The lowest BCUT2D eigenvalue weighted by Gasteiger charge is -2.29. The lowest BCUT2D eigenvalue weighted by atomic mass is 9.83. The van der Waals surface area contributed by atoms with Gasteiger partial charge in [0.15, 0.2) is 11.4 Å². The Morgan fingerprint density at radius 1 is 1.10 bits per heavy atom. The molecule has 1 saturated heterocycles. The predicted octanol–water partition coefficient (Wildman–Crippen LogP) is 3.79. The SMILES string of the molecule is O=C1O/C(=C/C#Cc2ccccc2)C2(CCCCC2)O1. The van der Waals surface area contributed by atoms with Gasteiger partial charge in [0.05, 0.1) is 0 Å². The first-order valence-electron chi connectivity index (χ1n) is 6.97. The van der Waals surface area contributed by atoms with Crippen molar-refractivity contribution in [3.05, 3.63) is 47.7 Å². The van der Waals surface area contributed by atoms with Gasteiger partial charge in [0.1, 0.15) is 0 Å². The van der Waals surface area contributed by atoms with E-state index in [1.165, 1.54) is 6.42 Å². The van der Waals surface area contributed by atoms with Crippen molar-refractivity contribution < 1.29 is 14.3 Å². The van der Waals surface area contributed by atoms with E-state index in [4.69, 9.17) is 9.47 Å². The highest BCUT2D eigenvalue weighted by atomic mass is 16.8. The Morgan fingerprint density at radius 2 is 1.85 bits per heavy atom. The molecule has 0 bridgehead atoms. The zero-order valence-corrected chi connectivity index (χ0v) is 11.2. The molecule has 3 rings (SSSR count). The number of carbonyl (C=O) groups is 1. The van der Waals surface area contributed by atoms with Gasteiger partial charge in [-0.3, -0.25) is 0 Å². The molecule has 3 heteroatoms. The predicted molar refractivity (Wildman–Crippen MR) is 74.8 cm³/mol. The van der Waals surface area contributed by atoms with Crippen LogP contribution >= 0.6 is 0 Å². The fourth-order valence-corrected chi connectivity index (χ4v) is 2.75. The van der Waals surface area contributed by atoms with E-state index < -0.39 is 11.8 Å². The number of hydrogen-bond acceptors (Lipinski definition) is 3. The van der Waals surface area contributed by atoms with Crippen LogP contribution in [0, 0.1) is 11.8 Å². The second-order valence-electron chi connectivity index (χ2n) is 5.15. The molecular formula is C17H16O3. The topological polar surface area (TPSA) is 35.5 Å². The molecule has 0 atom stereocenters. The fraction of sp³-hybridized carbons (Fsp3) is 0.353. The van der Waals surface area contributed by atoms with Gasteiger partial charge in [-0.25, -0.2) is 4.79 Å². The summed E-state index contributed by atoms with van der Waals surface area (Å²) in [7, 11) is 0. The molecule has 1 aromatic rings. The van der Waals surface area contributed by atoms with Crippen LogP contribution in [0.25, 0.3) is 0 Å². The molecule has 20 heavy (non-hydrogen) atoms. The molecular weight excluding hydrogens is 252 g/mol. The number of ether oxygens (including phenoxy) is 2. The smallest absolute Gasteiger partial charge is 0.419 e. The third kappa shape index (κ3) is 2.55. The van der Waals surface area contributed by atoms with Crippen LogP contribution in [0.5, 0.6) is 0 Å². The molecule has 1 aromatic carbocycles. The molecule has 1 saturated carbocycles. The molecule has 1 spiro atoms. The van der Waals surface area contributed by atoms with Gasteiger partial charge in [-0.2, -0.15) is 0 Å². The number of allylic oxidation sites excluding steroid dienone is 1. The number of carbonyl (C=O) groups excluding carboxylic acids is 1. The molecule has 0 radical (unpaired) electrons. The number of hydrogen-bond donors (Lipinski definition) is 0. The molecule has 1 aliphatic heterocycles. The molecule has 2 fully saturated rings. The van der Waals surface area contributed by atoms with Gasteiger partial charge in [0.25, 0.3) is 0 Å². The van der Waals surface area contributed by atoms with Crippen LogP contribution in [0.15, 0.2) is 42.2 Å². The summed E-state index contributed by atoms with van der Waals surface area (Å²) in [6.07, 6.45) is 6.04. The molecule has 102 valence electrons. The van der Waals surface area contributed by atoms with Gasteiger partial charge in [-0.15, -0.1) is 0 Å². The molecule has 3 nitrogen and oxygen atoms in total. The summed E-state index contributed by atoms with van der Waals surface area (Å²) in [6.45, 7) is 0. The summed E-state index contributed by atoms with van der Waals surface area (Å²) in [5.74, 6) is 6.58. The van der Waals surface area contributed by atoms with E-state index in [1.54, 1.807) is 6.08 Å². The largest absolute Gasteiger partial charge is 0.514 e. The molecule has 0 N–H and O–H groups in total. The van der Waals surface area contributed by atoms with Crippen molar-refractivity contribution in [2.75, 3.05) is 0 Å². The zero-order valence-electron chi connectivity index (χ0n) is 11.2. The van der Waals surface area contributed by atoms with Gasteiger partial charge < -0.3 is 9.47 Å². The zero-order chi connectivity index (χ0) is 13.8. The Balaban J connectivity index is 1.83. The van der Waals surface area contributed by atoms with Gasteiger partial charge in [0, 0.05) is 11.6 Å². The Labute approximate surface area is 118 Å². The molecule has 0 amide bonds. The summed E-state index contributed by atoms with van der Waals surface area (Å²) in [5.41, 5.74) is 0.382. The lowest BCUT2D eigenvalue weighted by Crippen LogP contribution is -2.32. The van der Waals surface area contributed by atoms with Gasteiger partial charge in [-0.1, -0.05) is 36.5 Å².